The molecule has 1 aliphatic heterocycles. The molecule has 2 aliphatic rings. The minimum Gasteiger partial charge on any atom is -0.0894 e. The molecular formula is C41H32S. The zero-order valence-corrected chi connectivity index (χ0v) is 24.8. The topological polar surface area (TPSA) is 0 Å². The summed E-state index contributed by atoms with van der Waals surface area (Å²) in [5, 5.41) is 0. The van der Waals surface area contributed by atoms with Gasteiger partial charge in [-0.3, -0.25) is 0 Å². The van der Waals surface area contributed by atoms with Crippen molar-refractivity contribution in [2.24, 2.45) is 0 Å². The van der Waals surface area contributed by atoms with Crippen LogP contribution in [0.1, 0.15) is 40.1 Å². The highest BCUT2D eigenvalue weighted by Crippen LogP contribution is 2.52. The summed E-state index contributed by atoms with van der Waals surface area (Å²) in [4.78, 5) is 2.06. The first-order chi connectivity index (χ1) is 21.6. The first kappa shape index (κ1) is 22.3. The van der Waals surface area contributed by atoms with Crippen LogP contribution < -0.4 is 0 Å². The Hall–Kier alpha value is -4.33. The molecule has 0 bridgehead atoms. The van der Waals surface area contributed by atoms with Crippen molar-refractivity contribution in [1.29, 1.82) is 0 Å². The predicted molar refractivity (Wildman–Crippen MR) is 179 cm³/mol. The standard InChI is InChI=1S/C41H32S/c1-25-17-20-37-39(21-25)42-40-22-26(2)35(24-38(40)41(37,3)4)27-18-19-34-32-15-8-7-13-30(32)28-11-5-6-12-29(28)31-14-9-10-16-33(31)36(34)23-27/h5-24H,1-4H3/i3D3. The van der Waals surface area contributed by atoms with Gasteiger partial charge in [0.2, 0.25) is 0 Å². The summed E-state index contributed by atoms with van der Waals surface area (Å²) in [6, 6.07) is 43.4. The van der Waals surface area contributed by atoms with Crippen molar-refractivity contribution in [3.05, 3.63) is 144 Å². The molecule has 0 amide bonds. The van der Waals surface area contributed by atoms with Crippen LogP contribution in [0.4, 0.5) is 0 Å². The van der Waals surface area contributed by atoms with Gasteiger partial charge in [0.15, 0.2) is 0 Å². The Balaban J connectivity index is 1.38. The van der Waals surface area contributed by atoms with Gasteiger partial charge < -0.3 is 0 Å². The van der Waals surface area contributed by atoms with E-state index in [1.165, 1.54) is 44.5 Å². The van der Waals surface area contributed by atoms with Gasteiger partial charge in [-0.1, -0.05) is 123 Å². The minimum atomic E-state index is -2.22. The molecule has 0 saturated heterocycles. The molecule has 8 rings (SSSR count). The summed E-state index contributed by atoms with van der Waals surface area (Å²) in [7, 11) is 0. The van der Waals surface area contributed by atoms with Crippen molar-refractivity contribution in [3.8, 4) is 55.6 Å². The highest BCUT2D eigenvalue weighted by molar-refractivity contribution is 7.99. The summed E-state index contributed by atoms with van der Waals surface area (Å²) in [6.45, 7) is 3.88. The molecule has 0 N–H and O–H groups in total. The second-order valence-corrected chi connectivity index (χ2v) is 12.9. The average molecular weight is 560 g/mol. The van der Waals surface area contributed by atoms with E-state index in [4.69, 9.17) is 4.11 Å². The lowest BCUT2D eigenvalue weighted by Gasteiger charge is -2.35. The molecule has 0 spiro atoms. The van der Waals surface area contributed by atoms with Crippen LogP contribution in [0.25, 0.3) is 55.6 Å². The van der Waals surface area contributed by atoms with Crippen molar-refractivity contribution >= 4 is 11.8 Å². The summed E-state index contributed by atoms with van der Waals surface area (Å²) in [5.41, 5.74) is 14.7. The molecule has 1 unspecified atom stereocenters. The predicted octanol–water partition coefficient (Wildman–Crippen LogP) is 11.7. The number of aryl methyl sites for hydroxylation is 2. The maximum absolute atomic E-state index is 8.77. The molecule has 1 atom stereocenters. The lowest BCUT2D eigenvalue weighted by Crippen LogP contribution is -2.24. The van der Waals surface area contributed by atoms with Crippen molar-refractivity contribution in [2.75, 3.05) is 0 Å². The zero-order valence-electron chi connectivity index (χ0n) is 27.0. The summed E-state index contributed by atoms with van der Waals surface area (Å²) >= 11 is 1.69. The smallest absolute Gasteiger partial charge is 0.0243 e. The van der Waals surface area contributed by atoms with Gasteiger partial charge in [0.05, 0.1) is 0 Å². The Labute approximate surface area is 257 Å². The van der Waals surface area contributed by atoms with E-state index in [2.05, 4.69) is 123 Å². The number of rotatable bonds is 1. The molecule has 1 heteroatoms. The van der Waals surface area contributed by atoms with E-state index >= 15 is 0 Å². The second-order valence-electron chi connectivity index (χ2n) is 11.8. The molecule has 6 aromatic rings. The van der Waals surface area contributed by atoms with E-state index in [-0.39, 0.29) is 0 Å². The molecular weight excluding hydrogens is 525 g/mol. The summed E-state index contributed by atoms with van der Waals surface area (Å²) in [5.74, 6) is 0. The van der Waals surface area contributed by atoms with Crippen LogP contribution in [-0.2, 0) is 5.41 Å². The highest BCUT2D eigenvalue weighted by atomic mass is 32.2. The monoisotopic (exact) mass is 559 g/mol. The van der Waals surface area contributed by atoms with Crippen LogP contribution in [0.3, 0.4) is 0 Å². The molecule has 42 heavy (non-hydrogen) atoms. The molecule has 0 aromatic heterocycles. The van der Waals surface area contributed by atoms with E-state index in [0.29, 0.717) is 0 Å². The van der Waals surface area contributed by atoms with Crippen LogP contribution in [0.15, 0.2) is 131 Å². The van der Waals surface area contributed by atoms with Gasteiger partial charge in [0, 0.05) is 19.3 Å². The third-order valence-electron chi connectivity index (χ3n) is 9.03. The molecule has 0 saturated carbocycles. The van der Waals surface area contributed by atoms with Gasteiger partial charge in [0.1, 0.15) is 0 Å². The fourth-order valence-corrected chi connectivity index (χ4v) is 8.36. The number of fused-ring (bicyclic) bond motifs is 10. The van der Waals surface area contributed by atoms with Gasteiger partial charge >= 0.3 is 0 Å². The molecule has 202 valence electrons. The largest absolute Gasteiger partial charge is 0.0894 e. The Kier molecular flexibility index (Phi) is 4.96. The molecule has 6 aromatic carbocycles. The molecule has 0 nitrogen and oxygen atoms in total. The summed E-state index contributed by atoms with van der Waals surface area (Å²) < 4.78 is 26.3. The Morgan fingerprint density at radius 1 is 0.500 bits per heavy atom. The molecule has 1 heterocycles. The fraction of sp³-hybridized carbons (Fsp3) is 0.122. The summed E-state index contributed by atoms with van der Waals surface area (Å²) in [6.07, 6.45) is 0. The Morgan fingerprint density at radius 3 is 1.60 bits per heavy atom. The highest BCUT2D eigenvalue weighted by Gasteiger charge is 2.34. The van der Waals surface area contributed by atoms with E-state index in [1.807, 2.05) is 19.1 Å². The maximum atomic E-state index is 8.77. The Bertz CT molecular complexity index is 2170. The van der Waals surface area contributed by atoms with Crippen molar-refractivity contribution in [3.63, 3.8) is 0 Å². The van der Waals surface area contributed by atoms with E-state index in [0.717, 1.165) is 43.2 Å². The van der Waals surface area contributed by atoms with Crippen LogP contribution in [0, 0.1) is 13.8 Å². The molecule has 1 aliphatic carbocycles. The number of benzene rings is 6. The average Bonchev–Trinajstić information content (AvgIpc) is 3.03. The normalized spacial score (nSPS) is 17.5. The van der Waals surface area contributed by atoms with Crippen LogP contribution in [0.5, 0.6) is 0 Å². The van der Waals surface area contributed by atoms with E-state index < -0.39 is 12.3 Å². The Morgan fingerprint density at radius 2 is 1.02 bits per heavy atom. The third-order valence-corrected chi connectivity index (χ3v) is 10.1. The number of hydrogen-bond donors (Lipinski definition) is 0. The SMILES string of the molecule is [2H]C([2H])([2H])C1(C)c2ccc(C)cc2Sc2cc(C)c(-c3ccc4c(c3)-c3ccccc3-c3ccccc3-c3ccccc3-4)cc21. The van der Waals surface area contributed by atoms with E-state index in [1.54, 1.807) is 11.8 Å². The van der Waals surface area contributed by atoms with Crippen LogP contribution >= 0.6 is 11.8 Å². The van der Waals surface area contributed by atoms with Gasteiger partial charge in [-0.2, -0.15) is 0 Å². The quantitative estimate of drug-likeness (QED) is 0.193. The van der Waals surface area contributed by atoms with Crippen LogP contribution in [-0.4, -0.2) is 0 Å². The third kappa shape index (κ3) is 3.77. The van der Waals surface area contributed by atoms with Crippen molar-refractivity contribution in [2.45, 2.75) is 42.8 Å². The van der Waals surface area contributed by atoms with Crippen molar-refractivity contribution < 1.29 is 4.11 Å². The molecule has 0 fully saturated rings. The van der Waals surface area contributed by atoms with E-state index in [9.17, 15) is 0 Å². The van der Waals surface area contributed by atoms with Crippen molar-refractivity contribution in [1.82, 2.24) is 0 Å². The lowest BCUT2D eigenvalue weighted by atomic mass is 9.76. The second kappa shape index (κ2) is 9.34. The number of hydrogen-bond acceptors (Lipinski definition) is 1. The minimum absolute atomic E-state index is 0.871. The van der Waals surface area contributed by atoms with Gasteiger partial charge in [-0.25, -0.2) is 0 Å². The van der Waals surface area contributed by atoms with Gasteiger partial charge in [-0.05, 0) is 116 Å². The molecule has 0 radical (unpaired) electrons. The first-order valence-corrected chi connectivity index (χ1v) is 15.3. The van der Waals surface area contributed by atoms with Gasteiger partial charge in [-0.15, -0.1) is 0 Å². The zero-order chi connectivity index (χ0) is 31.1. The lowest BCUT2D eigenvalue weighted by molar-refractivity contribution is 0.607. The first-order valence-electron chi connectivity index (χ1n) is 16.0. The van der Waals surface area contributed by atoms with Gasteiger partial charge in [0.25, 0.3) is 0 Å². The fourth-order valence-electron chi connectivity index (χ4n) is 6.89. The van der Waals surface area contributed by atoms with Crippen LogP contribution in [0.2, 0.25) is 0 Å². The maximum Gasteiger partial charge on any atom is 0.0243 e.